The Bertz CT molecular complexity index is 673. The molecule has 1 N–H and O–H groups in total. The van der Waals surface area contributed by atoms with E-state index in [1.54, 1.807) is 11.3 Å². The monoisotopic (exact) mass is 303 g/mol. The molecule has 1 fully saturated rings. The van der Waals surface area contributed by atoms with Crippen molar-refractivity contribution in [3.05, 3.63) is 51.6 Å². The van der Waals surface area contributed by atoms with Gasteiger partial charge in [-0.25, -0.2) is 0 Å². The maximum atomic E-state index is 11.6. The number of amides is 1. The molecule has 0 unspecified atom stereocenters. The summed E-state index contributed by atoms with van der Waals surface area (Å²) in [7, 11) is 0. The van der Waals surface area contributed by atoms with Gasteiger partial charge in [-0.3, -0.25) is 4.79 Å². The van der Waals surface area contributed by atoms with E-state index in [0.29, 0.717) is 9.23 Å². The molecule has 1 saturated heterocycles. The van der Waals surface area contributed by atoms with E-state index in [1.807, 2.05) is 24.3 Å². The minimum atomic E-state index is -0.107. The van der Waals surface area contributed by atoms with E-state index in [2.05, 4.69) is 28.9 Å². The van der Waals surface area contributed by atoms with E-state index in [0.717, 1.165) is 4.88 Å². The van der Waals surface area contributed by atoms with Crippen molar-refractivity contribution >= 4 is 51.6 Å². The lowest BCUT2D eigenvalue weighted by Gasteiger charge is -1.94. The van der Waals surface area contributed by atoms with Crippen LogP contribution in [0, 0.1) is 0 Å². The van der Waals surface area contributed by atoms with Crippen LogP contribution >= 0.6 is 35.3 Å². The fourth-order valence-electron chi connectivity index (χ4n) is 1.76. The Morgan fingerprint density at radius 1 is 1.16 bits per heavy atom. The van der Waals surface area contributed by atoms with E-state index in [-0.39, 0.29) is 5.91 Å². The molecule has 0 atom stereocenters. The van der Waals surface area contributed by atoms with E-state index >= 15 is 0 Å². The lowest BCUT2D eigenvalue weighted by atomic mass is 10.1. The summed E-state index contributed by atoms with van der Waals surface area (Å²) in [6.07, 6.45) is 1.89. The molecule has 3 rings (SSSR count). The number of rotatable bonds is 2. The Morgan fingerprint density at radius 3 is 2.63 bits per heavy atom. The van der Waals surface area contributed by atoms with Gasteiger partial charge in [0.25, 0.3) is 5.91 Å². The third kappa shape index (κ3) is 2.78. The van der Waals surface area contributed by atoms with Crippen LogP contribution in [0.4, 0.5) is 0 Å². The van der Waals surface area contributed by atoms with Gasteiger partial charge < -0.3 is 5.32 Å². The van der Waals surface area contributed by atoms with E-state index < -0.39 is 0 Å². The van der Waals surface area contributed by atoms with Crippen molar-refractivity contribution in [2.24, 2.45) is 0 Å². The number of hydrogen-bond acceptors (Lipinski definition) is 4. The smallest absolute Gasteiger partial charge is 0.263 e. The summed E-state index contributed by atoms with van der Waals surface area (Å²) in [5, 5.41) is 4.71. The zero-order valence-corrected chi connectivity index (χ0v) is 12.2. The number of carbonyl (C=O) groups is 1. The number of nitrogens with one attached hydrogen (secondary N) is 1. The van der Waals surface area contributed by atoms with E-state index in [4.69, 9.17) is 12.2 Å². The number of thioether (sulfide) groups is 1. The maximum absolute atomic E-state index is 11.6. The molecule has 0 saturated carbocycles. The Kier molecular flexibility index (Phi) is 3.50. The summed E-state index contributed by atoms with van der Waals surface area (Å²) < 4.78 is 0.524. The number of thiophene rings is 1. The molecule has 19 heavy (non-hydrogen) atoms. The van der Waals surface area contributed by atoms with Gasteiger partial charge in [-0.15, -0.1) is 11.3 Å². The quantitative estimate of drug-likeness (QED) is 0.674. The molecular formula is C14H9NOS3. The zero-order chi connectivity index (χ0) is 13.2. The highest BCUT2D eigenvalue weighted by molar-refractivity contribution is 8.26. The molecule has 1 aromatic carbocycles. The number of carbonyl (C=O) groups excluding carboxylic acids is 1. The van der Waals surface area contributed by atoms with E-state index in [9.17, 15) is 4.79 Å². The van der Waals surface area contributed by atoms with Gasteiger partial charge in [-0.2, -0.15) is 0 Å². The van der Waals surface area contributed by atoms with Crippen molar-refractivity contribution in [2.75, 3.05) is 0 Å². The molecule has 94 valence electrons. The zero-order valence-electron chi connectivity index (χ0n) is 9.75. The second-order valence-electron chi connectivity index (χ2n) is 3.96. The SMILES string of the molecule is O=C1NC(=S)S/C1=C\c1cc(-c2ccccc2)cs1. The van der Waals surface area contributed by atoms with Crippen LogP contribution in [0.1, 0.15) is 4.88 Å². The summed E-state index contributed by atoms with van der Waals surface area (Å²) in [4.78, 5) is 13.3. The first-order valence-corrected chi connectivity index (χ1v) is 7.71. The second-order valence-corrected chi connectivity index (χ2v) is 6.62. The summed E-state index contributed by atoms with van der Waals surface area (Å²) in [6, 6.07) is 12.3. The van der Waals surface area contributed by atoms with Gasteiger partial charge >= 0.3 is 0 Å². The minimum absolute atomic E-state index is 0.107. The normalized spacial score (nSPS) is 16.9. The van der Waals surface area contributed by atoms with Gasteiger partial charge in [0, 0.05) is 4.88 Å². The van der Waals surface area contributed by atoms with Gasteiger partial charge in [-0.05, 0) is 28.6 Å². The lowest BCUT2D eigenvalue weighted by Crippen LogP contribution is -2.17. The molecule has 1 aliphatic heterocycles. The molecule has 2 nitrogen and oxygen atoms in total. The van der Waals surface area contributed by atoms with Gasteiger partial charge in [-0.1, -0.05) is 54.3 Å². The topological polar surface area (TPSA) is 29.1 Å². The summed E-state index contributed by atoms with van der Waals surface area (Å²) in [5.41, 5.74) is 2.35. The molecule has 1 amide bonds. The highest BCUT2D eigenvalue weighted by Gasteiger charge is 2.22. The summed E-state index contributed by atoms with van der Waals surface area (Å²) in [5.74, 6) is -0.107. The highest BCUT2D eigenvalue weighted by atomic mass is 32.2. The molecule has 2 heterocycles. The third-order valence-electron chi connectivity index (χ3n) is 2.64. The first-order valence-electron chi connectivity index (χ1n) is 5.61. The molecule has 2 aromatic rings. The van der Waals surface area contributed by atoms with Crippen molar-refractivity contribution in [1.29, 1.82) is 0 Å². The number of thiocarbonyl (C=S) groups is 1. The van der Waals surface area contributed by atoms with Crippen LogP contribution in [0.3, 0.4) is 0 Å². The second kappa shape index (κ2) is 5.28. The first-order chi connectivity index (χ1) is 9.22. The van der Waals surface area contributed by atoms with Crippen LogP contribution in [-0.2, 0) is 4.79 Å². The van der Waals surface area contributed by atoms with Gasteiger partial charge in [0.2, 0.25) is 0 Å². The van der Waals surface area contributed by atoms with Crippen molar-refractivity contribution in [3.8, 4) is 11.1 Å². The molecule has 1 aliphatic rings. The van der Waals surface area contributed by atoms with Gasteiger partial charge in [0.05, 0.1) is 4.91 Å². The van der Waals surface area contributed by atoms with Crippen LogP contribution in [0.15, 0.2) is 46.7 Å². The fourth-order valence-corrected chi connectivity index (χ4v) is 3.72. The van der Waals surface area contributed by atoms with E-state index in [1.165, 1.54) is 22.9 Å². The predicted octanol–water partition coefficient (Wildman–Crippen LogP) is 3.90. The maximum Gasteiger partial charge on any atom is 0.263 e. The van der Waals surface area contributed by atoms with Crippen molar-refractivity contribution in [2.45, 2.75) is 0 Å². The first kappa shape index (κ1) is 12.6. The van der Waals surface area contributed by atoms with Crippen molar-refractivity contribution < 1.29 is 4.79 Å². The molecule has 0 bridgehead atoms. The fraction of sp³-hybridized carbons (Fsp3) is 0. The standard InChI is InChI=1S/C14H9NOS3/c16-13-12(19-14(17)15-13)7-11-6-10(8-18-11)9-4-2-1-3-5-9/h1-8H,(H,15,16,17)/b12-7-. The minimum Gasteiger partial charge on any atom is -0.307 e. The summed E-state index contributed by atoms with van der Waals surface area (Å²) >= 11 is 7.90. The third-order valence-corrected chi connectivity index (χ3v) is 4.68. The lowest BCUT2D eigenvalue weighted by molar-refractivity contribution is -0.115. The van der Waals surface area contributed by atoms with Gasteiger partial charge in [0.1, 0.15) is 4.32 Å². The molecule has 1 aromatic heterocycles. The van der Waals surface area contributed by atoms with Crippen molar-refractivity contribution in [1.82, 2.24) is 5.32 Å². The largest absolute Gasteiger partial charge is 0.307 e. The highest BCUT2D eigenvalue weighted by Crippen LogP contribution is 2.30. The van der Waals surface area contributed by atoms with Crippen LogP contribution in [0.25, 0.3) is 17.2 Å². The molecule has 0 radical (unpaired) electrons. The molecule has 0 aliphatic carbocycles. The Balaban J connectivity index is 1.89. The average molecular weight is 303 g/mol. The predicted molar refractivity (Wildman–Crippen MR) is 86.1 cm³/mol. The molecule has 0 spiro atoms. The average Bonchev–Trinajstić information content (AvgIpc) is 2.99. The molecule has 5 heteroatoms. The Labute approximate surface area is 124 Å². The molecular weight excluding hydrogens is 294 g/mol. The summed E-state index contributed by atoms with van der Waals surface area (Å²) in [6.45, 7) is 0. The van der Waals surface area contributed by atoms with Crippen LogP contribution in [-0.4, -0.2) is 10.2 Å². The van der Waals surface area contributed by atoms with Crippen LogP contribution < -0.4 is 5.32 Å². The Hall–Kier alpha value is -1.43. The van der Waals surface area contributed by atoms with Crippen LogP contribution in [0.5, 0.6) is 0 Å². The van der Waals surface area contributed by atoms with Gasteiger partial charge in [0.15, 0.2) is 0 Å². The Morgan fingerprint density at radius 2 is 1.95 bits per heavy atom. The van der Waals surface area contributed by atoms with Crippen LogP contribution in [0.2, 0.25) is 0 Å². The van der Waals surface area contributed by atoms with Crippen molar-refractivity contribution in [3.63, 3.8) is 0 Å². The number of hydrogen-bond donors (Lipinski definition) is 1. The number of benzene rings is 1.